The first kappa shape index (κ1) is 16.6. The van der Waals surface area contributed by atoms with Crippen molar-refractivity contribution in [1.29, 1.82) is 0 Å². The third-order valence-corrected chi connectivity index (χ3v) is 3.66. The molecule has 2 atom stereocenters. The molecule has 1 aromatic carbocycles. The molecule has 2 N–H and O–H groups in total. The van der Waals surface area contributed by atoms with E-state index in [4.69, 9.17) is 16.3 Å². The molecule has 0 spiro atoms. The summed E-state index contributed by atoms with van der Waals surface area (Å²) in [7, 11) is 0. The van der Waals surface area contributed by atoms with Crippen LogP contribution in [-0.4, -0.2) is 30.2 Å². The lowest BCUT2D eigenvalue weighted by Gasteiger charge is -2.33. The number of benzene rings is 1. The average Bonchev–Trinajstić information content (AvgIpc) is 2.40. The van der Waals surface area contributed by atoms with Crippen LogP contribution in [0.1, 0.15) is 38.7 Å². The van der Waals surface area contributed by atoms with Crippen LogP contribution in [0.4, 0.5) is 4.79 Å². The molecule has 1 aromatic rings. The highest BCUT2D eigenvalue weighted by Crippen LogP contribution is 2.27. The molecule has 6 heteroatoms. The van der Waals surface area contributed by atoms with E-state index < -0.39 is 11.7 Å². The Kier molecular flexibility index (Phi) is 4.96. The molecule has 2 amide bonds. The number of halogens is 1. The highest BCUT2D eigenvalue weighted by atomic mass is 35.5. The summed E-state index contributed by atoms with van der Waals surface area (Å²) >= 11 is 5.90. The maximum atomic E-state index is 12.0. The van der Waals surface area contributed by atoms with Crippen LogP contribution in [0.15, 0.2) is 24.3 Å². The third-order valence-electron chi connectivity index (χ3n) is 3.41. The van der Waals surface area contributed by atoms with Gasteiger partial charge in [-0.15, -0.1) is 0 Å². The van der Waals surface area contributed by atoms with Crippen molar-refractivity contribution in [2.24, 2.45) is 0 Å². The van der Waals surface area contributed by atoms with Gasteiger partial charge in [0.2, 0.25) is 5.91 Å². The fraction of sp³-hybridized carbons (Fsp3) is 0.500. The van der Waals surface area contributed by atoms with Gasteiger partial charge in [0, 0.05) is 23.9 Å². The Hall–Kier alpha value is -1.75. The number of rotatable bonds is 2. The van der Waals surface area contributed by atoms with Gasteiger partial charge in [-0.25, -0.2) is 4.79 Å². The van der Waals surface area contributed by atoms with Gasteiger partial charge in [0.05, 0.1) is 6.04 Å². The molecular weight excluding hydrogens is 304 g/mol. The van der Waals surface area contributed by atoms with Crippen molar-refractivity contribution < 1.29 is 14.3 Å². The number of ether oxygens (including phenoxy) is 1. The van der Waals surface area contributed by atoms with E-state index in [1.54, 1.807) is 12.1 Å². The van der Waals surface area contributed by atoms with Crippen LogP contribution in [0.25, 0.3) is 0 Å². The molecule has 0 aliphatic carbocycles. The molecule has 1 fully saturated rings. The summed E-state index contributed by atoms with van der Waals surface area (Å²) in [6, 6.07) is 7.13. The van der Waals surface area contributed by atoms with Crippen LogP contribution in [0.3, 0.4) is 0 Å². The van der Waals surface area contributed by atoms with Crippen molar-refractivity contribution in [1.82, 2.24) is 10.6 Å². The highest BCUT2D eigenvalue weighted by molar-refractivity contribution is 6.30. The minimum absolute atomic E-state index is 0.0258. The number of hydrogen-bond donors (Lipinski definition) is 2. The molecule has 0 unspecified atom stereocenters. The lowest BCUT2D eigenvalue weighted by atomic mass is 9.86. The molecule has 0 bridgehead atoms. The minimum Gasteiger partial charge on any atom is -0.444 e. The number of carbonyl (C=O) groups is 2. The normalized spacial score (nSPS) is 21.9. The van der Waals surface area contributed by atoms with Gasteiger partial charge in [-0.05, 0) is 38.5 Å². The summed E-state index contributed by atoms with van der Waals surface area (Å²) in [5.74, 6) is -0.124. The number of amides is 2. The lowest BCUT2D eigenvalue weighted by molar-refractivity contribution is -0.123. The summed E-state index contributed by atoms with van der Waals surface area (Å²) in [6.07, 6.45) is -0.158. The van der Waals surface area contributed by atoms with Gasteiger partial charge in [-0.3, -0.25) is 4.79 Å². The largest absolute Gasteiger partial charge is 0.444 e. The van der Waals surface area contributed by atoms with E-state index in [2.05, 4.69) is 10.6 Å². The molecule has 1 aliphatic heterocycles. The third kappa shape index (κ3) is 4.63. The van der Waals surface area contributed by atoms with Gasteiger partial charge in [-0.2, -0.15) is 0 Å². The van der Waals surface area contributed by atoms with Gasteiger partial charge >= 0.3 is 6.09 Å². The predicted octanol–water partition coefficient (Wildman–Crippen LogP) is 2.84. The SMILES string of the molecule is CC(C)(C)OC(=O)N[C@@H]1CNC(=O)C[C@H]1c1ccc(Cl)cc1. The molecule has 1 saturated heterocycles. The second-order valence-electron chi connectivity index (χ2n) is 6.42. The number of piperidine rings is 1. The number of alkyl carbamates (subject to hydrolysis) is 1. The second kappa shape index (κ2) is 6.57. The Labute approximate surface area is 135 Å². The van der Waals surface area contributed by atoms with Gasteiger partial charge in [-0.1, -0.05) is 23.7 Å². The molecule has 2 rings (SSSR count). The Morgan fingerprint density at radius 3 is 2.55 bits per heavy atom. The maximum Gasteiger partial charge on any atom is 0.407 e. The molecule has 1 heterocycles. The van der Waals surface area contributed by atoms with Crippen LogP contribution in [-0.2, 0) is 9.53 Å². The number of hydrogen-bond acceptors (Lipinski definition) is 3. The topological polar surface area (TPSA) is 67.4 Å². The predicted molar refractivity (Wildman–Crippen MR) is 85.0 cm³/mol. The van der Waals surface area contributed by atoms with Crippen LogP contribution in [0.5, 0.6) is 0 Å². The summed E-state index contributed by atoms with van der Waals surface area (Å²) < 4.78 is 5.29. The van der Waals surface area contributed by atoms with Crippen LogP contribution in [0.2, 0.25) is 5.02 Å². The molecular formula is C16H21ClN2O3. The van der Waals surface area contributed by atoms with Crippen molar-refractivity contribution in [3.05, 3.63) is 34.9 Å². The van der Waals surface area contributed by atoms with Crippen LogP contribution < -0.4 is 10.6 Å². The van der Waals surface area contributed by atoms with Gasteiger partial charge < -0.3 is 15.4 Å². The molecule has 5 nitrogen and oxygen atoms in total. The molecule has 0 radical (unpaired) electrons. The van der Waals surface area contributed by atoms with Crippen molar-refractivity contribution in [3.63, 3.8) is 0 Å². The van der Waals surface area contributed by atoms with E-state index in [1.165, 1.54) is 0 Å². The van der Waals surface area contributed by atoms with E-state index in [1.807, 2.05) is 32.9 Å². The zero-order valence-corrected chi connectivity index (χ0v) is 13.7. The lowest BCUT2D eigenvalue weighted by Crippen LogP contribution is -2.52. The molecule has 0 aromatic heterocycles. The average molecular weight is 325 g/mol. The van der Waals surface area contributed by atoms with E-state index in [0.29, 0.717) is 18.0 Å². The zero-order chi connectivity index (χ0) is 16.3. The first-order valence-corrected chi connectivity index (χ1v) is 7.64. The summed E-state index contributed by atoms with van der Waals surface area (Å²) in [6.45, 7) is 5.81. The van der Waals surface area contributed by atoms with Crippen LogP contribution in [0, 0.1) is 0 Å². The Morgan fingerprint density at radius 2 is 1.95 bits per heavy atom. The first-order chi connectivity index (χ1) is 10.2. The van der Waals surface area contributed by atoms with Gasteiger partial charge in [0.15, 0.2) is 0 Å². The van der Waals surface area contributed by atoms with Crippen molar-refractivity contribution in [2.75, 3.05) is 6.54 Å². The molecule has 0 saturated carbocycles. The zero-order valence-electron chi connectivity index (χ0n) is 13.0. The smallest absolute Gasteiger partial charge is 0.407 e. The van der Waals surface area contributed by atoms with E-state index in [9.17, 15) is 9.59 Å². The monoisotopic (exact) mass is 324 g/mol. The maximum absolute atomic E-state index is 12.0. The fourth-order valence-corrected chi connectivity index (χ4v) is 2.58. The second-order valence-corrected chi connectivity index (χ2v) is 6.86. The number of carbonyl (C=O) groups excluding carboxylic acids is 2. The minimum atomic E-state index is -0.558. The highest BCUT2D eigenvalue weighted by Gasteiger charge is 2.32. The van der Waals surface area contributed by atoms with Gasteiger partial charge in [0.25, 0.3) is 0 Å². The quantitative estimate of drug-likeness (QED) is 0.879. The van der Waals surface area contributed by atoms with Crippen molar-refractivity contribution >= 4 is 23.6 Å². The van der Waals surface area contributed by atoms with E-state index in [0.717, 1.165) is 5.56 Å². The van der Waals surface area contributed by atoms with E-state index in [-0.39, 0.29) is 17.9 Å². The summed E-state index contributed by atoms with van der Waals surface area (Å²) in [5.41, 5.74) is 0.415. The van der Waals surface area contributed by atoms with Crippen LogP contribution >= 0.6 is 11.6 Å². The van der Waals surface area contributed by atoms with Crippen molar-refractivity contribution in [2.45, 2.75) is 44.8 Å². The fourth-order valence-electron chi connectivity index (χ4n) is 2.45. The Balaban J connectivity index is 2.11. The summed E-state index contributed by atoms with van der Waals surface area (Å²) in [5, 5.41) is 6.27. The van der Waals surface area contributed by atoms with E-state index >= 15 is 0 Å². The molecule has 120 valence electrons. The first-order valence-electron chi connectivity index (χ1n) is 7.26. The Bertz CT molecular complexity index is 552. The Morgan fingerprint density at radius 1 is 1.32 bits per heavy atom. The van der Waals surface area contributed by atoms with Crippen molar-refractivity contribution in [3.8, 4) is 0 Å². The standard InChI is InChI=1S/C16H21ClN2O3/c1-16(2,3)22-15(21)19-13-9-18-14(20)8-12(13)10-4-6-11(17)7-5-10/h4-7,12-13H,8-9H2,1-3H3,(H,18,20)(H,19,21)/t12-,13+/m0/s1. The number of nitrogens with one attached hydrogen (secondary N) is 2. The molecule has 1 aliphatic rings. The van der Waals surface area contributed by atoms with Gasteiger partial charge in [0.1, 0.15) is 5.60 Å². The summed E-state index contributed by atoms with van der Waals surface area (Å²) in [4.78, 5) is 23.7. The molecule has 22 heavy (non-hydrogen) atoms.